The van der Waals surface area contributed by atoms with Gasteiger partial charge in [-0.3, -0.25) is 4.79 Å². The van der Waals surface area contributed by atoms with Gasteiger partial charge in [0.05, 0.1) is 0 Å². The maximum atomic E-state index is 12.3. The molecule has 3 rings (SSSR count). The number of aromatic nitrogens is 1. The van der Waals surface area contributed by atoms with Gasteiger partial charge in [-0.2, -0.15) is 0 Å². The summed E-state index contributed by atoms with van der Waals surface area (Å²) >= 11 is 0. The Morgan fingerprint density at radius 3 is 2.58 bits per heavy atom. The molecule has 0 N–H and O–H groups in total. The van der Waals surface area contributed by atoms with Gasteiger partial charge in [-0.05, 0) is 30.9 Å². The number of pyridine rings is 1. The fraction of sp³-hybridized carbons (Fsp3) is 0.600. The van der Waals surface area contributed by atoms with Crippen molar-refractivity contribution in [3.8, 4) is 0 Å². The molecule has 4 nitrogen and oxygen atoms in total. The minimum atomic E-state index is 0.224. The summed E-state index contributed by atoms with van der Waals surface area (Å²) in [6.07, 6.45) is 4.30. The van der Waals surface area contributed by atoms with E-state index in [2.05, 4.69) is 16.8 Å². The third-order valence-corrected chi connectivity index (χ3v) is 4.28. The molecule has 2 aliphatic rings. The number of anilines is 1. The summed E-state index contributed by atoms with van der Waals surface area (Å²) in [6, 6.07) is 5.97. The van der Waals surface area contributed by atoms with Gasteiger partial charge in [0.1, 0.15) is 5.82 Å². The lowest BCUT2D eigenvalue weighted by atomic mass is 10.0. The van der Waals surface area contributed by atoms with Crippen LogP contribution in [0.25, 0.3) is 0 Å². The van der Waals surface area contributed by atoms with Gasteiger partial charge in [0, 0.05) is 38.3 Å². The molecule has 0 spiro atoms. The molecular formula is C15H21N3O. The van der Waals surface area contributed by atoms with Crippen molar-refractivity contribution in [3.05, 3.63) is 24.4 Å². The zero-order valence-electron chi connectivity index (χ0n) is 11.5. The summed E-state index contributed by atoms with van der Waals surface area (Å²) in [4.78, 5) is 21.0. The Morgan fingerprint density at radius 1 is 1.26 bits per heavy atom. The number of carbonyl (C=O) groups is 1. The quantitative estimate of drug-likeness (QED) is 0.830. The molecule has 1 aliphatic carbocycles. The zero-order valence-corrected chi connectivity index (χ0v) is 11.5. The van der Waals surface area contributed by atoms with Gasteiger partial charge in [0.2, 0.25) is 5.91 Å². The minimum Gasteiger partial charge on any atom is -0.353 e. The summed E-state index contributed by atoms with van der Waals surface area (Å²) in [5, 5.41) is 0. The molecule has 1 atom stereocenters. The van der Waals surface area contributed by atoms with E-state index in [-0.39, 0.29) is 5.92 Å². The van der Waals surface area contributed by atoms with E-state index in [1.807, 2.05) is 29.3 Å². The molecule has 0 radical (unpaired) electrons. The predicted octanol–water partition coefficient (Wildman–Crippen LogP) is 1.78. The van der Waals surface area contributed by atoms with Crippen LogP contribution in [-0.4, -0.2) is 42.0 Å². The Bertz CT molecular complexity index is 436. The van der Waals surface area contributed by atoms with Gasteiger partial charge < -0.3 is 9.80 Å². The summed E-state index contributed by atoms with van der Waals surface area (Å²) in [5.74, 6) is 2.25. The van der Waals surface area contributed by atoms with E-state index in [0.29, 0.717) is 11.8 Å². The van der Waals surface area contributed by atoms with Crippen LogP contribution in [0.4, 0.5) is 5.82 Å². The average Bonchev–Trinajstić information content (AvgIpc) is 3.31. The van der Waals surface area contributed by atoms with E-state index >= 15 is 0 Å². The highest BCUT2D eigenvalue weighted by Gasteiger charge is 2.35. The summed E-state index contributed by atoms with van der Waals surface area (Å²) in [5.41, 5.74) is 0. The van der Waals surface area contributed by atoms with Crippen LogP contribution in [0, 0.1) is 11.8 Å². The number of nitrogens with zero attached hydrogens (tertiary/aromatic N) is 3. The van der Waals surface area contributed by atoms with Crippen molar-refractivity contribution in [1.82, 2.24) is 9.88 Å². The molecule has 1 amide bonds. The summed E-state index contributed by atoms with van der Waals surface area (Å²) in [7, 11) is 0. The number of carbonyl (C=O) groups excluding carboxylic acids is 1. The molecular weight excluding hydrogens is 238 g/mol. The first kappa shape index (κ1) is 12.5. The monoisotopic (exact) mass is 259 g/mol. The highest BCUT2D eigenvalue weighted by Crippen LogP contribution is 2.37. The maximum Gasteiger partial charge on any atom is 0.225 e. The van der Waals surface area contributed by atoms with Crippen molar-refractivity contribution in [3.63, 3.8) is 0 Å². The molecule has 1 saturated carbocycles. The normalized spacial score (nSPS) is 21.3. The average molecular weight is 259 g/mol. The van der Waals surface area contributed by atoms with Gasteiger partial charge in [-0.25, -0.2) is 4.98 Å². The molecule has 4 heteroatoms. The van der Waals surface area contributed by atoms with Crippen molar-refractivity contribution in [1.29, 1.82) is 0 Å². The van der Waals surface area contributed by atoms with Gasteiger partial charge in [0.15, 0.2) is 0 Å². The lowest BCUT2D eigenvalue weighted by molar-refractivity contribution is -0.135. The molecule has 102 valence electrons. The first-order valence-electron chi connectivity index (χ1n) is 7.20. The van der Waals surface area contributed by atoms with E-state index in [1.165, 1.54) is 12.8 Å². The molecule has 2 heterocycles. The predicted molar refractivity (Wildman–Crippen MR) is 74.9 cm³/mol. The van der Waals surface area contributed by atoms with Crippen LogP contribution in [-0.2, 0) is 4.79 Å². The van der Waals surface area contributed by atoms with Crippen LogP contribution in [0.15, 0.2) is 24.4 Å². The first-order chi connectivity index (χ1) is 9.25. The summed E-state index contributed by atoms with van der Waals surface area (Å²) < 4.78 is 0. The highest BCUT2D eigenvalue weighted by atomic mass is 16.2. The van der Waals surface area contributed by atoms with E-state index in [9.17, 15) is 4.79 Å². The number of rotatable bonds is 3. The number of hydrogen-bond acceptors (Lipinski definition) is 3. The lowest BCUT2D eigenvalue weighted by Gasteiger charge is -2.36. The van der Waals surface area contributed by atoms with Crippen LogP contribution in [0.5, 0.6) is 0 Å². The second-order valence-electron chi connectivity index (χ2n) is 5.63. The minimum absolute atomic E-state index is 0.224. The van der Waals surface area contributed by atoms with Crippen LogP contribution in [0.2, 0.25) is 0 Å². The fourth-order valence-electron chi connectivity index (χ4n) is 2.78. The third kappa shape index (κ3) is 2.72. The highest BCUT2D eigenvalue weighted by molar-refractivity contribution is 5.79. The number of piperazine rings is 1. The first-order valence-corrected chi connectivity index (χ1v) is 7.20. The Balaban J connectivity index is 1.56. The molecule has 1 aromatic heterocycles. The van der Waals surface area contributed by atoms with Crippen molar-refractivity contribution in [2.75, 3.05) is 31.1 Å². The topological polar surface area (TPSA) is 36.4 Å². The number of hydrogen-bond donors (Lipinski definition) is 0. The smallest absolute Gasteiger partial charge is 0.225 e. The van der Waals surface area contributed by atoms with Crippen molar-refractivity contribution >= 4 is 11.7 Å². The van der Waals surface area contributed by atoms with Gasteiger partial charge in [-0.1, -0.05) is 13.0 Å². The Hall–Kier alpha value is -1.58. The fourth-order valence-corrected chi connectivity index (χ4v) is 2.78. The molecule has 1 aromatic rings. The Labute approximate surface area is 114 Å². The largest absolute Gasteiger partial charge is 0.353 e. The van der Waals surface area contributed by atoms with Gasteiger partial charge in [-0.15, -0.1) is 0 Å². The third-order valence-electron chi connectivity index (χ3n) is 4.28. The van der Waals surface area contributed by atoms with Crippen LogP contribution >= 0.6 is 0 Å². The molecule has 1 aliphatic heterocycles. The Kier molecular flexibility index (Phi) is 3.40. The van der Waals surface area contributed by atoms with Gasteiger partial charge >= 0.3 is 0 Å². The second-order valence-corrected chi connectivity index (χ2v) is 5.63. The molecule has 2 fully saturated rings. The maximum absolute atomic E-state index is 12.3. The number of amides is 1. The molecule has 1 unspecified atom stereocenters. The van der Waals surface area contributed by atoms with E-state index in [0.717, 1.165) is 32.0 Å². The van der Waals surface area contributed by atoms with Crippen LogP contribution in [0.3, 0.4) is 0 Å². The molecule has 1 saturated heterocycles. The SMILES string of the molecule is CC(C(=O)N1CCN(c2ccccn2)CC1)C1CC1. The molecule has 19 heavy (non-hydrogen) atoms. The standard InChI is InChI=1S/C15H21N3O/c1-12(13-5-6-13)15(19)18-10-8-17(9-11-18)14-4-2-3-7-16-14/h2-4,7,12-13H,5-6,8-11H2,1H3. The molecule has 0 bridgehead atoms. The van der Waals surface area contributed by atoms with E-state index < -0.39 is 0 Å². The summed E-state index contributed by atoms with van der Waals surface area (Å²) in [6.45, 7) is 5.52. The van der Waals surface area contributed by atoms with E-state index in [1.54, 1.807) is 0 Å². The van der Waals surface area contributed by atoms with Crippen LogP contribution in [0.1, 0.15) is 19.8 Å². The molecule has 0 aromatic carbocycles. The van der Waals surface area contributed by atoms with Crippen molar-refractivity contribution in [2.45, 2.75) is 19.8 Å². The second kappa shape index (κ2) is 5.19. The zero-order chi connectivity index (χ0) is 13.2. The van der Waals surface area contributed by atoms with Crippen molar-refractivity contribution < 1.29 is 4.79 Å². The van der Waals surface area contributed by atoms with Crippen molar-refractivity contribution in [2.24, 2.45) is 11.8 Å². The van der Waals surface area contributed by atoms with Gasteiger partial charge in [0.25, 0.3) is 0 Å². The lowest BCUT2D eigenvalue weighted by Crippen LogP contribution is -2.50. The Morgan fingerprint density at radius 2 is 2.00 bits per heavy atom. The van der Waals surface area contributed by atoms with Crippen LogP contribution < -0.4 is 4.90 Å². The van der Waals surface area contributed by atoms with E-state index in [4.69, 9.17) is 0 Å².